The molecule has 31 nitrogen and oxygen atoms in total. The molecule has 0 aromatic carbocycles. The summed E-state index contributed by atoms with van der Waals surface area (Å²) in [5, 5.41) is 201. The second-order valence-electron chi connectivity index (χ2n) is 17.3. The smallest absolute Gasteiger partial charge is 0.187 e. The van der Waals surface area contributed by atoms with Crippen LogP contribution < -0.4 is 0 Å². The molecule has 0 saturated carbocycles. The topological polar surface area (TPSA) is 495 Å². The molecular formula is C38H66O31. The van der Waals surface area contributed by atoms with Gasteiger partial charge in [0, 0.05) is 6.61 Å². The minimum Gasteiger partial charge on any atom is -0.394 e. The maximum absolute atomic E-state index is 11.7. The number of aliphatic hydroxyl groups is 19. The van der Waals surface area contributed by atoms with E-state index in [2.05, 4.69) is 0 Å². The van der Waals surface area contributed by atoms with Gasteiger partial charge >= 0.3 is 0 Å². The minimum atomic E-state index is -2.25. The van der Waals surface area contributed by atoms with E-state index in [4.69, 9.17) is 56.8 Å². The van der Waals surface area contributed by atoms with E-state index >= 15 is 0 Å². The fourth-order valence-corrected chi connectivity index (χ4v) is 8.58. The Kier molecular flexibility index (Phi) is 20.6. The fraction of sp³-hybridized carbons (Fsp3) is 1.00. The molecule has 0 radical (unpaired) electrons. The first-order valence-corrected chi connectivity index (χ1v) is 22.1. The van der Waals surface area contributed by atoms with Crippen LogP contribution in [0.15, 0.2) is 0 Å². The lowest BCUT2D eigenvalue weighted by Crippen LogP contribution is -2.68. The lowest BCUT2D eigenvalue weighted by molar-refractivity contribution is -0.394. The standard InChI is InChI=1S/C38H66O31/c1-2-58-35-27(55)31(19(47)13(65-35)7-59-33-24(52)21(49)15(43)9(3-39)61-33)69-37-28(56)30(18(46)12(6-42)64-37)68-38-29(57)32(67-36-26(54)23(51)17(45)11(5-41)63-36)20(48)14(66-38)8-60-34-25(53)22(50)16(44)10(4-40)62-34/h9-57H,2-8H2,1H3/t9?,10?,11?,12?,13?,14?,15?,16?,17?,18?,19?,20-,21?,22?,23?,24?,25?,26?,27?,28?,29?,30?,31?,32?,33?,34?,35?,36?,37?,38?/m0/s1. The molecule has 0 aromatic rings. The second-order valence-corrected chi connectivity index (χ2v) is 17.3. The predicted molar refractivity (Wildman–Crippen MR) is 209 cm³/mol. The Labute approximate surface area is 391 Å². The zero-order valence-electron chi connectivity index (χ0n) is 36.7. The van der Waals surface area contributed by atoms with E-state index in [9.17, 15) is 97.0 Å². The van der Waals surface area contributed by atoms with Crippen molar-refractivity contribution >= 4 is 0 Å². The highest BCUT2D eigenvalue weighted by atomic mass is 16.8. The first kappa shape index (κ1) is 57.0. The molecule has 0 aromatic heterocycles. The molecule has 29 unspecified atom stereocenters. The second kappa shape index (κ2) is 24.9. The SMILES string of the molecule is CCOC1OC(COC2OC(CO)C(O)C(O)C2O)C(O)C(OC2OC(CO)C(O)C(OC3OC(COC4OC(CO)C(O)C(O)C4O)[C@H](O)C(OC4OC(CO)C(O)C(O)C4O)C3O)C2O)C1O. The number of aliphatic hydroxyl groups excluding tert-OH is 19. The van der Waals surface area contributed by atoms with Crippen LogP contribution in [0, 0.1) is 0 Å². The summed E-state index contributed by atoms with van der Waals surface area (Å²) in [6.45, 7) is -3.71. The Balaban J connectivity index is 1.22. The highest BCUT2D eigenvalue weighted by Crippen LogP contribution is 2.36. The summed E-state index contributed by atoms with van der Waals surface area (Å²) in [7, 11) is 0. The molecule has 6 rings (SSSR count). The number of hydrogen-bond donors (Lipinski definition) is 19. The van der Waals surface area contributed by atoms with Crippen LogP contribution in [-0.2, 0) is 56.8 Å². The normalized spacial score (nSPS) is 52.2. The summed E-state index contributed by atoms with van der Waals surface area (Å²) >= 11 is 0. The summed E-state index contributed by atoms with van der Waals surface area (Å²) < 4.78 is 67.1. The van der Waals surface area contributed by atoms with Crippen molar-refractivity contribution in [2.75, 3.05) is 46.2 Å². The summed E-state index contributed by atoms with van der Waals surface area (Å²) in [5.41, 5.74) is 0. The molecule has 31 heteroatoms. The zero-order valence-corrected chi connectivity index (χ0v) is 36.7. The van der Waals surface area contributed by atoms with Crippen molar-refractivity contribution in [2.24, 2.45) is 0 Å². The minimum absolute atomic E-state index is 0.0872. The third kappa shape index (κ3) is 12.2. The summed E-state index contributed by atoms with van der Waals surface area (Å²) in [4.78, 5) is 0. The van der Waals surface area contributed by atoms with E-state index in [1.165, 1.54) is 6.92 Å². The molecule has 30 atom stereocenters. The zero-order chi connectivity index (χ0) is 50.8. The molecule has 69 heavy (non-hydrogen) atoms. The van der Waals surface area contributed by atoms with Crippen LogP contribution in [-0.4, -0.2) is 328 Å². The number of hydrogen-bond acceptors (Lipinski definition) is 31. The molecule has 404 valence electrons. The van der Waals surface area contributed by atoms with Gasteiger partial charge in [-0.05, 0) is 6.92 Å². The Bertz CT molecular complexity index is 1540. The quantitative estimate of drug-likeness (QED) is 0.0606. The molecular weight excluding hydrogens is 952 g/mol. The van der Waals surface area contributed by atoms with E-state index in [1.807, 2.05) is 0 Å². The van der Waals surface area contributed by atoms with Crippen LogP contribution in [0.5, 0.6) is 0 Å². The van der Waals surface area contributed by atoms with Crippen LogP contribution in [0.4, 0.5) is 0 Å². The van der Waals surface area contributed by atoms with Crippen molar-refractivity contribution in [1.29, 1.82) is 0 Å². The van der Waals surface area contributed by atoms with Crippen molar-refractivity contribution in [1.82, 2.24) is 0 Å². The highest BCUT2D eigenvalue weighted by Gasteiger charge is 2.57. The van der Waals surface area contributed by atoms with Gasteiger partial charge < -0.3 is 154 Å². The van der Waals surface area contributed by atoms with Crippen LogP contribution >= 0.6 is 0 Å². The lowest BCUT2D eigenvalue weighted by atomic mass is 9.95. The molecule has 0 spiro atoms. The average Bonchev–Trinajstić information content (AvgIpc) is 3.33. The van der Waals surface area contributed by atoms with Crippen molar-refractivity contribution in [3.63, 3.8) is 0 Å². The molecule has 0 amide bonds. The lowest BCUT2D eigenvalue weighted by Gasteiger charge is -2.49. The van der Waals surface area contributed by atoms with Crippen LogP contribution in [0.1, 0.15) is 6.92 Å². The Morgan fingerprint density at radius 3 is 0.870 bits per heavy atom. The Morgan fingerprint density at radius 2 is 0.522 bits per heavy atom. The van der Waals surface area contributed by atoms with Crippen molar-refractivity contribution < 1.29 is 154 Å². The van der Waals surface area contributed by atoms with Gasteiger partial charge in [0.2, 0.25) is 0 Å². The van der Waals surface area contributed by atoms with Gasteiger partial charge in [-0.2, -0.15) is 0 Å². The fourth-order valence-electron chi connectivity index (χ4n) is 8.58. The van der Waals surface area contributed by atoms with Crippen LogP contribution in [0.3, 0.4) is 0 Å². The van der Waals surface area contributed by atoms with Gasteiger partial charge in [0.05, 0.1) is 39.6 Å². The summed E-state index contributed by atoms with van der Waals surface area (Å²) in [6.07, 6.45) is -56.2. The van der Waals surface area contributed by atoms with Gasteiger partial charge in [0.25, 0.3) is 0 Å². The van der Waals surface area contributed by atoms with Gasteiger partial charge in [0.15, 0.2) is 37.7 Å². The van der Waals surface area contributed by atoms with Crippen LogP contribution in [0.25, 0.3) is 0 Å². The van der Waals surface area contributed by atoms with E-state index in [-0.39, 0.29) is 6.61 Å². The Morgan fingerprint density at radius 1 is 0.275 bits per heavy atom. The maximum Gasteiger partial charge on any atom is 0.187 e. The van der Waals surface area contributed by atoms with Crippen molar-refractivity contribution in [2.45, 2.75) is 191 Å². The highest BCUT2D eigenvalue weighted by molar-refractivity contribution is 4.99. The third-order valence-electron chi connectivity index (χ3n) is 12.7. The largest absolute Gasteiger partial charge is 0.394 e. The van der Waals surface area contributed by atoms with Gasteiger partial charge in [-0.25, -0.2) is 0 Å². The first-order chi connectivity index (χ1) is 32.7. The molecule has 6 aliphatic rings. The molecule has 0 bridgehead atoms. The molecule has 6 fully saturated rings. The number of rotatable bonds is 18. The van der Waals surface area contributed by atoms with E-state index in [0.29, 0.717) is 0 Å². The summed E-state index contributed by atoms with van der Waals surface area (Å²) in [5.74, 6) is 0. The predicted octanol–water partition coefficient (Wildman–Crippen LogP) is -13.1. The Hall–Kier alpha value is -1.24. The van der Waals surface area contributed by atoms with Crippen molar-refractivity contribution in [3.05, 3.63) is 0 Å². The molecule has 6 aliphatic heterocycles. The van der Waals surface area contributed by atoms with E-state index in [1.54, 1.807) is 0 Å². The van der Waals surface area contributed by atoms with E-state index < -0.39 is 224 Å². The molecule has 19 N–H and O–H groups in total. The van der Waals surface area contributed by atoms with Crippen LogP contribution in [0.2, 0.25) is 0 Å². The molecule has 0 aliphatic carbocycles. The van der Waals surface area contributed by atoms with Gasteiger partial charge in [-0.1, -0.05) is 0 Å². The van der Waals surface area contributed by atoms with Gasteiger partial charge in [-0.15, -0.1) is 0 Å². The van der Waals surface area contributed by atoms with Gasteiger partial charge in [0.1, 0.15) is 146 Å². The average molecular weight is 1020 g/mol. The number of ether oxygens (including phenoxy) is 12. The van der Waals surface area contributed by atoms with Gasteiger partial charge in [-0.3, -0.25) is 0 Å². The monoisotopic (exact) mass is 1020 g/mol. The molecule has 6 heterocycles. The third-order valence-corrected chi connectivity index (χ3v) is 12.7. The molecule has 6 saturated heterocycles. The first-order valence-electron chi connectivity index (χ1n) is 22.1. The van der Waals surface area contributed by atoms with Crippen molar-refractivity contribution in [3.8, 4) is 0 Å². The van der Waals surface area contributed by atoms with E-state index in [0.717, 1.165) is 0 Å². The summed E-state index contributed by atoms with van der Waals surface area (Å²) in [6, 6.07) is 0. The maximum atomic E-state index is 11.7.